The minimum Gasteiger partial charge on any atom is -0.300 e. The molecule has 20 heavy (non-hydrogen) atoms. The van der Waals surface area contributed by atoms with Gasteiger partial charge in [0.1, 0.15) is 5.78 Å². The Morgan fingerprint density at radius 1 is 1.20 bits per heavy atom. The Morgan fingerprint density at radius 2 is 1.90 bits per heavy atom. The molecule has 3 heteroatoms. The number of thiocarbonyl (C=S) groups is 1. The maximum absolute atomic E-state index is 11.5. The monoisotopic (exact) mass is 281 g/mol. The first kappa shape index (κ1) is 14.3. The fourth-order valence-electron chi connectivity index (χ4n) is 2.17. The highest BCUT2D eigenvalue weighted by atomic mass is 32.1. The fourth-order valence-corrected chi connectivity index (χ4v) is 2.27. The molecular weight excluding hydrogens is 266 g/mol. The maximum Gasteiger partial charge on any atom is 0.134 e. The van der Waals surface area contributed by atoms with Crippen LogP contribution in [0.1, 0.15) is 18.1 Å². The molecule has 2 aromatic rings. The van der Waals surface area contributed by atoms with Crippen molar-refractivity contribution in [2.75, 3.05) is 0 Å². The van der Waals surface area contributed by atoms with Crippen LogP contribution in [0.2, 0.25) is 0 Å². The highest BCUT2D eigenvalue weighted by Gasteiger charge is 2.11. The molecule has 0 aliphatic rings. The van der Waals surface area contributed by atoms with E-state index in [1.165, 1.54) is 5.56 Å². The summed E-state index contributed by atoms with van der Waals surface area (Å²) in [7, 11) is 0. The largest absolute Gasteiger partial charge is 0.300 e. The molecule has 0 saturated heterocycles. The number of hydrogen-bond acceptors (Lipinski definition) is 3. The van der Waals surface area contributed by atoms with Gasteiger partial charge in [0, 0.05) is 6.42 Å². The number of benzene rings is 2. The number of nitrogens with zero attached hydrogens (tertiary/aromatic N) is 1. The number of hydrogen-bond donors (Lipinski definition) is 0. The molecule has 0 spiro atoms. The standard InChI is InChI=1S/C17H15NOS/c1-12-6-8-14(9-7-12)15-4-3-5-17(18-11-20)16(15)10-13(2)19/h3-9H,10H2,1-2H3. The molecule has 0 unspecified atom stereocenters. The molecule has 0 N–H and O–H groups in total. The van der Waals surface area contributed by atoms with Gasteiger partial charge in [-0.15, -0.1) is 0 Å². The molecule has 0 aliphatic carbocycles. The number of ketones is 1. The number of carbonyl (C=O) groups excluding carboxylic acids is 1. The highest BCUT2D eigenvalue weighted by molar-refractivity contribution is 7.78. The lowest BCUT2D eigenvalue weighted by molar-refractivity contribution is -0.116. The summed E-state index contributed by atoms with van der Waals surface area (Å²) in [5, 5.41) is 2.38. The van der Waals surface area contributed by atoms with Crippen molar-refractivity contribution in [3.05, 3.63) is 53.6 Å². The summed E-state index contributed by atoms with van der Waals surface area (Å²) in [6.07, 6.45) is 0.347. The van der Waals surface area contributed by atoms with E-state index in [4.69, 9.17) is 0 Å². The number of aliphatic imine (C=N–C) groups is 1. The van der Waals surface area contributed by atoms with E-state index in [2.05, 4.69) is 46.6 Å². The molecule has 2 rings (SSSR count). The molecule has 0 amide bonds. The number of aryl methyl sites for hydroxylation is 1. The number of carbonyl (C=O) groups is 1. The van der Waals surface area contributed by atoms with Gasteiger partial charge in [0.05, 0.1) is 10.8 Å². The lowest BCUT2D eigenvalue weighted by Gasteiger charge is -2.11. The second-order valence-electron chi connectivity index (χ2n) is 4.75. The molecule has 0 saturated carbocycles. The van der Waals surface area contributed by atoms with Crippen molar-refractivity contribution >= 4 is 28.8 Å². The Labute approximate surface area is 124 Å². The fraction of sp³-hybridized carbons (Fsp3) is 0.176. The quantitative estimate of drug-likeness (QED) is 0.608. The van der Waals surface area contributed by atoms with Crippen LogP contribution in [0.5, 0.6) is 0 Å². The zero-order chi connectivity index (χ0) is 14.5. The van der Waals surface area contributed by atoms with Gasteiger partial charge in [0.25, 0.3) is 0 Å². The van der Waals surface area contributed by atoms with Crippen LogP contribution in [0.3, 0.4) is 0 Å². The van der Waals surface area contributed by atoms with Crippen LogP contribution >= 0.6 is 12.2 Å². The van der Waals surface area contributed by atoms with Gasteiger partial charge in [0.15, 0.2) is 0 Å². The molecule has 0 bridgehead atoms. The maximum atomic E-state index is 11.5. The molecule has 0 atom stereocenters. The van der Waals surface area contributed by atoms with Gasteiger partial charge in [-0.05, 0) is 48.8 Å². The Kier molecular flexibility index (Phi) is 4.57. The van der Waals surface area contributed by atoms with E-state index in [0.717, 1.165) is 16.7 Å². The SMILES string of the molecule is CC(=O)Cc1c(N=C=S)cccc1-c1ccc(C)cc1. The van der Waals surface area contributed by atoms with E-state index in [0.29, 0.717) is 12.1 Å². The van der Waals surface area contributed by atoms with Crippen LogP contribution in [0.25, 0.3) is 11.1 Å². The van der Waals surface area contributed by atoms with Crippen molar-refractivity contribution in [2.24, 2.45) is 4.99 Å². The van der Waals surface area contributed by atoms with E-state index in [1.54, 1.807) is 6.92 Å². The summed E-state index contributed by atoms with van der Waals surface area (Å²) in [4.78, 5) is 15.6. The molecule has 0 radical (unpaired) electrons. The van der Waals surface area contributed by atoms with E-state index >= 15 is 0 Å². The average molecular weight is 281 g/mol. The molecular formula is C17H15NOS. The smallest absolute Gasteiger partial charge is 0.134 e. The van der Waals surface area contributed by atoms with Gasteiger partial charge < -0.3 is 0 Å². The molecule has 2 nitrogen and oxygen atoms in total. The van der Waals surface area contributed by atoms with Gasteiger partial charge >= 0.3 is 0 Å². The van der Waals surface area contributed by atoms with Gasteiger partial charge in [-0.25, -0.2) is 0 Å². The summed E-state index contributed by atoms with van der Waals surface area (Å²) in [6, 6.07) is 14.0. The van der Waals surface area contributed by atoms with Crippen molar-refractivity contribution in [3.8, 4) is 11.1 Å². The van der Waals surface area contributed by atoms with Crippen molar-refractivity contribution in [3.63, 3.8) is 0 Å². The Bertz CT molecular complexity index is 683. The third-order valence-corrected chi connectivity index (χ3v) is 3.20. The van der Waals surface area contributed by atoms with E-state index in [1.807, 2.05) is 25.1 Å². The normalized spacial score (nSPS) is 9.90. The highest BCUT2D eigenvalue weighted by Crippen LogP contribution is 2.31. The second-order valence-corrected chi connectivity index (χ2v) is 4.93. The number of rotatable bonds is 4. The first-order valence-electron chi connectivity index (χ1n) is 6.38. The number of Topliss-reactive ketones (excluding diaryl/α,β-unsaturated/α-hetero) is 1. The minimum atomic E-state index is 0.102. The first-order chi connectivity index (χ1) is 9.61. The third-order valence-electron chi connectivity index (χ3n) is 3.11. The molecule has 0 fully saturated rings. The predicted octanol–water partition coefficient (Wildman–Crippen LogP) is 4.53. The van der Waals surface area contributed by atoms with Crippen LogP contribution in [0, 0.1) is 6.92 Å². The third kappa shape index (κ3) is 3.27. The van der Waals surface area contributed by atoms with Crippen LogP contribution in [0.15, 0.2) is 47.5 Å². The van der Waals surface area contributed by atoms with Gasteiger partial charge in [-0.1, -0.05) is 42.0 Å². The minimum absolute atomic E-state index is 0.102. The van der Waals surface area contributed by atoms with Crippen LogP contribution in [-0.4, -0.2) is 10.9 Å². The van der Waals surface area contributed by atoms with Gasteiger partial charge in [-0.2, -0.15) is 4.99 Å². The summed E-state index contributed by atoms with van der Waals surface area (Å²) < 4.78 is 0. The average Bonchev–Trinajstić information content (AvgIpc) is 2.41. The summed E-state index contributed by atoms with van der Waals surface area (Å²) >= 11 is 4.68. The molecule has 0 aliphatic heterocycles. The Hall–Kier alpha value is -2.09. The molecule has 0 aromatic heterocycles. The van der Waals surface area contributed by atoms with E-state index < -0.39 is 0 Å². The van der Waals surface area contributed by atoms with Crippen LogP contribution in [-0.2, 0) is 11.2 Å². The lowest BCUT2D eigenvalue weighted by atomic mass is 9.94. The topological polar surface area (TPSA) is 29.4 Å². The summed E-state index contributed by atoms with van der Waals surface area (Å²) in [5.74, 6) is 0.102. The van der Waals surface area contributed by atoms with Crippen molar-refractivity contribution in [1.82, 2.24) is 0 Å². The molecule has 100 valence electrons. The van der Waals surface area contributed by atoms with E-state index in [-0.39, 0.29) is 5.78 Å². The molecule has 0 heterocycles. The van der Waals surface area contributed by atoms with Crippen molar-refractivity contribution in [1.29, 1.82) is 0 Å². The van der Waals surface area contributed by atoms with Crippen LogP contribution in [0.4, 0.5) is 5.69 Å². The Morgan fingerprint density at radius 3 is 2.50 bits per heavy atom. The summed E-state index contributed by atoms with van der Waals surface area (Å²) in [5.41, 5.74) is 4.92. The van der Waals surface area contributed by atoms with E-state index in [9.17, 15) is 4.79 Å². The molecule has 2 aromatic carbocycles. The van der Waals surface area contributed by atoms with Gasteiger partial charge in [0.2, 0.25) is 0 Å². The first-order valence-corrected chi connectivity index (χ1v) is 6.79. The van der Waals surface area contributed by atoms with Crippen LogP contribution < -0.4 is 0 Å². The summed E-state index contributed by atoms with van der Waals surface area (Å²) in [6.45, 7) is 3.63. The lowest BCUT2D eigenvalue weighted by Crippen LogP contribution is -1.99. The zero-order valence-electron chi connectivity index (χ0n) is 11.5. The van der Waals surface area contributed by atoms with Crippen molar-refractivity contribution < 1.29 is 4.79 Å². The second kappa shape index (κ2) is 6.38. The predicted molar refractivity (Wildman–Crippen MR) is 85.7 cm³/mol. The van der Waals surface area contributed by atoms with Gasteiger partial charge in [-0.3, -0.25) is 4.79 Å². The van der Waals surface area contributed by atoms with Crippen molar-refractivity contribution in [2.45, 2.75) is 20.3 Å². The zero-order valence-corrected chi connectivity index (χ0v) is 12.3. The Balaban J connectivity index is 2.61. The number of isothiocyanates is 1.